The molecule has 5 heteroatoms. The molecule has 0 saturated carbocycles. The summed E-state index contributed by atoms with van der Waals surface area (Å²) in [6.45, 7) is 15.1. The first kappa shape index (κ1) is 26.1. The highest BCUT2D eigenvalue weighted by molar-refractivity contribution is 5.68. The lowest BCUT2D eigenvalue weighted by Gasteiger charge is -2.42. The number of likely N-dealkylation sites (tertiary alicyclic amines) is 1. The van der Waals surface area contributed by atoms with Crippen molar-refractivity contribution >= 4 is 6.09 Å². The largest absolute Gasteiger partial charge is 0.457 e. The van der Waals surface area contributed by atoms with Gasteiger partial charge in [0, 0.05) is 30.7 Å². The first-order chi connectivity index (χ1) is 16.1. The van der Waals surface area contributed by atoms with Crippen LogP contribution in [0.3, 0.4) is 0 Å². The number of carbonyl (C=O) groups excluding carboxylic acids is 1. The van der Waals surface area contributed by atoms with Gasteiger partial charge in [0.05, 0.1) is 0 Å². The van der Waals surface area contributed by atoms with Gasteiger partial charge in [-0.3, -0.25) is 4.90 Å². The molecule has 1 atom stereocenters. The quantitative estimate of drug-likeness (QED) is 0.410. The van der Waals surface area contributed by atoms with Gasteiger partial charge < -0.3 is 14.4 Å². The molecule has 34 heavy (non-hydrogen) atoms. The molecule has 1 amide bonds. The van der Waals surface area contributed by atoms with Crippen molar-refractivity contribution in [2.75, 3.05) is 19.6 Å². The summed E-state index contributed by atoms with van der Waals surface area (Å²) in [5.74, 6) is 2.39. The van der Waals surface area contributed by atoms with Gasteiger partial charge in [0.15, 0.2) is 0 Å². The van der Waals surface area contributed by atoms with Crippen LogP contribution in [0, 0.1) is 5.92 Å². The van der Waals surface area contributed by atoms with E-state index in [1.54, 1.807) is 0 Å². The fourth-order valence-corrected chi connectivity index (χ4v) is 4.52. The van der Waals surface area contributed by atoms with E-state index in [4.69, 9.17) is 9.47 Å². The molecule has 2 aromatic carbocycles. The van der Waals surface area contributed by atoms with E-state index in [1.165, 1.54) is 5.56 Å². The third kappa shape index (κ3) is 7.49. The van der Waals surface area contributed by atoms with E-state index in [1.807, 2.05) is 62.1 Å². The summed E-state index contributed by atoms with van der Waals surface area (Å²) in [7, 11) is 0. The minimum atomic E-state index is -0.464. The van der Waals surface area contributed by atoms with Crippen LogP contribution < -0.4 is 4.74 Å². The lowest BCUT2D eigenvalue weighted by molar-refractivity contribution is 0.0108. The summed E-state index contributed by atoms with van der Waals surface area (Å²) in [6, 6.07) is 19.0. The Kier molecular flexibility index (Phi) is 9.01. The van der Waals surface area contributed by atoms with Crippen LogP contribution >= 0.6 is 0 Å². The minimum Gasteiger partial charge on any atom is -0.457 e. The van der Waals surface area contributed by atoms with Gasteiger partial charge in [-0.25, -0.2) is 4.79 Å². The fraction of sp³-hybridized carbons (Fsp3) is 0.552. The zero-order valence-corrected chi connectivity index (χ0v) is 21.8. The zero-order valence-electron chi connectivity index (χ0n) is 21.8. The summed E-state index contributed by atoms with van der Waals surface area (Å²) in [5.41, 5.74) is 0.735. The van der Waals surface area contributed by atoms with Crippen molar-refractivity contribution in [2.24, 2.45) is 5.92 Å². The van der Waals surface area contributed by atoms with E-state index in [0.29, 0.717) is 12.0 Å². The Morgan fingerprint density at radius 1 is 1.00 bits per heavy atom. The van der Waals surface area contributed by atoms with E-state index < -0.39 is 5.60 Å². The molecule has 0 aliphatic carbocycles. The highest BCUT2D eigenvalue weighted by atomic mass is 16.6. The number of amides is 1. The summed E-state index contributed by atoms with van der Waals surface area (Å²) >= 11 is 0. The number of piperidine rings is 1. The van der Waals surface area contributed by atoms with Gasteiger partial charge in [0.2, 0.25) is 0 Å². The number of benzene rings is 2. The van der Waals surface area contributed by atoms with Gasteiger partial charge in [0.25, 0.3) is 0 Å². The minimum absolute atomic E-state index is 0.200. The van der Waals surface area contributed by atoms with Crippen LogP contribution in [0.2, 0.25) is 0 Å². The predicted octanol–water partition coefficient (Wildman–Crippen LogP) is 7.29. The number of para-hydroxylation sites is 2. The molecule has 2 aromatic rings. The Bertz CT molecular complexity index is 899. The molecule has 0 radical (unpaired) electrons. The fourth-order valence-electron chi connectivity index (χ4n) is 4.52. The summed E-state index contributed by atoms with van der Waals surface area (Å²) < 4.78 is 11.9. The van der Waals surface area contributed by atoms with Crippen molar-refractivity contribution in [1.82, 2.24) is 9.80 Å². The topological polar surface area (TPSA) is 42.0 Å². The lowest BCUT2D eigenvalue weighted by atomic mass is 9.96. The Morgan fingerprint density at radius 2 is 1.62 bits per heavy atom. The third-order valence-corrected chi connectivity index (χ3v) is 6.39. The SMILES string of the molecule is CC(C)CCN(C1CCN(C(=O)OC(C)(C)C)CC1)C(C)c1ccccc1Oc1ccccc1. The molecule has 0 spiro atoms. The molecule has 0 bridgehead atoms. The van der Waals surface area contributed by atoms with E-state index in [9.17, 15) is 4.79 Å². The molecule has 1 aliphatic heterocycles. The van der Waals surface area contributed by atoms with Crippen LogP contribution in [0.4, 0.5) is 4.79 Å². The molecular formula is C29H42N2O3. The molecule has 0 aromatic heterocycles. The molecule has 0 N–H and O–H groups in total. The van der Waals surface area contributed by atoms with Crippen molar-refractivity contribution in [2.45, 2.75) is 78.5 Å². The average molecular weight is 467 g/mol. The highest BCUT2D eigenvalue weighted by Crippen LogP contribution is 2.35. The smallest absolute Gasteiger partial charge is 0.410 e. The van der Waals surface area contributed by atoms with Gasteiger partial charge in [-0.2, -0.15) is 0 Å². The predicted molar refractivity (Wildman–Crippen MR) is 138 cm³/mol. The average Bonchev–Trinajstić information content (AvgIpc) is 2.79. The van der Waals surface area contributed by atoms with Gasteiger partial charge in [-0.05, 0) is 77.6 Å². The number of hydrogen-bond donors (Lipinski definition) is 0. The highest BCUT2D eigenvalue weighted by Gasteiger charge is 2.32. The molecule has 1 heterocycles. The first-order valence-electron chi connectivity index (χ1n) is 12.7. The van der Waals surface area contributed by atoms with Gasteiger partial charge in [0.1, 0.15) is 17.1 Å². The van der Waals surface area contributed by atoms with E-state index in [-0.39, 0.29) is 12.1 Å². The summed E-state index contributed by atoms with van der Waals surface area (Å²) in [4.78, 5) is 17.0. The molecule has 1 saturated heterocycles. The Hall–Kier alpha value is -2.53. The molecule has 186 valence electrons. The standard InChI is InChI=1S/C29H42N2O3/c1-22(2)16-21-31(24-17-19-30(20-18-24)28(32)34-29(4,5)6)23(3)26-14-10-11-15-27(26)33-25-12-8-7-9-13-25/h7-15,22-24H,16-21H2,1-6H3. The van der Waals surface area contributed by atoms with Crippen LogP contribution in [0.1, 0.15) is 72.4 Å². The molecule has 1 aliphatic rings. The molecule has 1 fully saturated rings. The summed E-state index contributed by atoms with van der Waals surface area (Å²) in [5, 5.41) is 0. The van der Waals surface area contributed by atoms with Crippen molar-refractivity contribution < 1.29 is 14.3 Å². The normalized spacial score (nSPS) is 16.1. The number of rotatable bonds is 8. The van der Waals surface area contributed by atoms with Crippen molar-refractivity contribution in [1.29, 1.82) is 0 Å². The Morgan fingerprint density at radius 3 is 2.24 bits per heavy atom. The van der Waals surface area contributed by atoms with Crippen LogP contribution in [0.5, 0.6) is 11.5 Å². The summed E-state index contributed by atoms with van der Waals surface area (Å²) in [6.07, 6.45) is 2.83. The molecular weight excluding hydrogens is 424 g/mol. The van der Waals surface area contributed by atoms with Crippen LogP contribution in [0.25, 0.3) is 0 Å². The number of hydrogen-bond acceptors (Lipinski definition) is 4. The second kappa shape index (κ2) is 11.7. The van der Waals surface area contributed by atoms with Crippen molar-refractivity contribution in [3.05, 3.63) is 60.2 Å². The maximum absolute atomic E-state index is 12.6. The third-order valence-electron chi connectivity index (χ3n) is 6.39. The molecule has 5 nitrogen and oxygen atoms in total. The van der Waals surface area contributed by atoms with E-state index in [2.05, 4.69) is 43.9 Å². The number of carbonyl (C=O) groups is 1. The van der Waals surface area contributed by atoms with Gasteiger partial charge >= 0.3 is 6.09 Å². The Balaban J connectivity index is 1.75. The zero-order chi connectivity index (χ0) is 24.7. The molecule has 3 rings (SSSR count). The number of nitrogens with zero attached hydrogens (tertiary/aromatic N) is 2. The lowest BCUT2D eigenvalue weighted by Crippen LogP contribution is -2.49. The first-order valence-corrected chi connectivity index (χ1v) is 12.7. The molecule has 1 unspecified atom stereocenters. The van der Waals surface area contributed by atoms with Gasteiger partial charge in [-0.1, -0.05) is 50.2 Å². The Labute approximate surface area is 206 Å². The monoisotopic (exact) mass is 466 g/mol. The maximum Gasteiger partial charge on any atom is 0.410 e. The van der Waals surface area contributed by atoms with Crippen molar-refractivity contribution in [3.8, 4) is 11.5 Å². The van der Waals surface area contributed by atoms with E-state index in [0.717, 1.165) is 50.4 Å². The van der Waals surface area contributed by atoms with Crippen LogP contribution in [-0.2, 0) is 4.74 Å². The van der Waals surface area contributed by atoms with Crippen molar-refractivity contribution in [3.63, 3.8) is 0 Å². The second-order valence-electron chi connectivity index (χ2n) is 10.7. The maximum atomic E-state index is 12.6. The number of ether oxygens (including phenoxy) is 2. The van der Waals surface area contributed by atoms with Crippen LogP contribution in [-0.4, -0.2) is 47.2 Å². The second-order valence-corrected chi connectivity index (χ2v) is 10.7. The van der Waals surface area contributed by atoms with Crippen LogP contribution in [0.15, 0.2) is 54.6 Å². The van der Waals surface area contributed by atoms with E-state index >= 15 is 0 Å². The van der Waals surface area contributed by atoms with Gasteiger partial charge in [-0.15, -0.1) is 0 Å².